The SMILES string of the molecule is O=C1CC(c2ccccc2)C(c2ccc(F)cc2)C(=O)N1. The highest BCUT2D eigenvalue weighted by Gasteiger charge is 2.37. The van der Waals surface area contributed by atoms with Crippen molar-refractivity contribution in [3.05, 3.63) is 71.5 Å². The molecule has 0 aromatic heterocycles. The zero-order valence-corrected chi connectivity index (χ0v) is 11.3. The molecule has 0 bridgehead atoms. The minimum atomic E-state index is -0.481. The number of hydrogen-bond donors (Lipinski definition) is 1. The fourth-order valence-electron chi connectivity index (χ4n) is 2.83. The van der Waals surface area contributed by atoms with Crippen LogP contribution in [0.1, 0.15) is 29.4 Å². The van der Waals surface area contributed by atoms with Crippen LogP contribution >= 0.6 is 0 Å². The molecular weight excluding hydrogens is 269 g/mol. The van der Waals surface area contributed by atoms with E-state index in [0.29, 0.717) is 0 Å². The molecule has 1 aliphatic rings. The Morgan fingerprint density at radius 2 is 1.57 bits per heavy atom. The molecule has 0 spiro atoms. The predicted octanol–water partition coefficient (Wildman–Crippen LogP) is 2.74. The number of nitrogens with one attached hydrogen (secondary N) is 1. The Hall–Kier alpha value is -2.49. The number of amides is 2. The Kier molecular flexibility index (Phi) is 3.52. The van der Waals surface area contributed by atoms with Crippen molar-refractivity contribution >= 4 is 11.8 Å². The summed E-state index contributed by atoms with van der Waals surface area (Å²) in [6.07, 6.45) is 0.248. The molecule has 21 heavy (non-hydrogen) atoms. The third-order valence-corrected chi connectivity index (χ3v) is 3.81. The molecule has 1 heterocycles. The molecule has 3 nitrogen and oxygen atoms in total. The van der Waals surface area contributed by atoms with Crippen LogP contribution in [0.4, 0.5) is 4.39 Å². The number of carbonyl (C=O) groups excluding carboxylic acids is 2. The van der Waals surface area contributed by atoms with Gasteiger partial charge in [-0.25, -0.2) is 4.39 Å². The Morgan fingerprint density at radius 3 is 2.24 bits per heavy atom. The molecule has 1 fully saturated rings. The number of imide groups is 1. The lowest BCUT2D eigenvalue weighted by atomic mass is 9.76. The van der Waals surface area contributed by atoms with Gasteiger partial charge in [-0.1, -0.05) is 42.5 Å². The number of hydrogen-bond acceptors (Lipinski definition) is 2. The van der Waals surface area contributed by atoms with Crippen LogP contribution in [0.5, 0.6) is 0 Å². The molecule has 2 aromatic carbocycles. The molecule has 2 atom stereocenters. The van der Waals surface area contributed by atoms with Gasteiger partial charge in [0.2, 0.25) is 11.8 Å². The van der Waals surface area contributed by atoms with Crippen molar-refractivity contribution in [1.29, 1.82) is 0 Å². The second-order valence-electron chi connectivity index (χ2n) is 5.16. The predicted molar refractivity (Wildman–Crippen MR) is 76.1 cm³/mol. The normalized spacial score (nSPS) is 22.0. The molecule has 106 valence electrons. The van der Waals surface area contributed by atoms with Gasteiger partial charge in [-0.15, -0.1) is 0 Å². The Labute approximate surface area is 121 Å². The van der Waals surface area contributed by atoms with Gasteiger partial charge >= 0.3 is 0 Å². The molecule has 1 saturated heterocycles. The minimum Gasteiger partial charge on any atom is -0.296 e. The van der Waals surface area contributed by atoms with E-state index in [0.717, 1.165) is 11.1 Å². The second-order valence-corrected chi connectivity index (χ2v) is 5.16. The number of piperidine rings is 1. The monoisotopic (exact) mass is 283 g/mol. The topological polar surface area (TPSA) is 46.2 Å². The first-order valence-electron chi connectivity index (χ1n) is 6.79. The highest BCUT2D eigenvalue weighted by molar-refractivity contribution is 6.02. The molecule has 1 aliphatic heterocycles. The lowest BCUT2D eigenvalue weighted by Gasteiger charge is -2.30. The fraction of sp³-hybridized carbons (Fsp3) is 0.176. The van der Waals surface area contributed by atoms with Crippen LogP contribution in [-0.4, -0.2) is 11.8 Å². The largest absolute Gasteiger partial charge is 0.296 e. The summed E-state index contributed by atoms with van der Waals surface area (Å²) in [6.45, 7) is 0. The molecule has 2 amide bonds. The first-order valence-corrected chi connectivity index (χ1v) is 6.79. The molecule has 2 unspecified atom stereocenters. The lowest BCUT2D eigenvalue weighted by molar-refractivity contribution is -0.135. The van der Waals surface area contributed by atoms with Gasteiger partial charge in [-0.3, -0.25) is 14.9 Å². The Balaban J connectivity index is 2.03. The van der Waals surface area contributed by atoms with Crippen molar-refractivity contribution in [1.82, 2.24) is 5.32 Å². The maximum Gasteiger partial charge on any atom is 0.234 e. The minimum absolute atomic E-state index is 0.224. The van der Waals surface area contributed by atoms with E-state index in [1.54, 1.807) is 12.1 Å². The first kappa shape index (κ1) is 13.5. The van der Waals surface area contributed by atoms with E-state index in [1.165, 1.54) is 12.1 Å². The zero-order chi connectivity index (χ0) is 14.8. The lowest BCUT2D eigenvalue weighted by Crippen LogP contribution is -2.43. The summed E-state index contributed by atoms with van der Waals surface area (Å²) in [5, 5.41) is 2.37. The number of halogens is 1. The number of carbonyl (C=O) groups is 2. The smallest absolute Gasteiger partial charge is 0.234 e. The van der Waals surface area contributed by atoms with Crippen molar-refractivity contribution in [2.45, 2.75) is 18.3 Å². The van der Waals surface area contributed by atoms with E-state index in [2.05, 4.69) is 5.32 Å². The standard InChI is InChI=1S/C17H14FNO2/c18-13-8-6-12(7-9-13)16-14(10-15(20)19-17(16)21)11-4-2-1-3-5-11/h1-9,14,16H,10H2,(H,19,20,21). The molecule has 1 N–H and O–H groups in total. The van der Waals surface area contributed by atoms with Gasteiger partial charge in [-0.2, -0.15) is 0 Å². The summed E-state index contributed by atoms with van der Waals surface area (Å²) in [5.74, 6) is -1.65. The average Bonchev–Trinajstić information content (AvgIpc) is 2.49. The van der Waals surface area contributed by atoms with Crippen LogP contribution in [0.2, 0.25) is 0 Å². The highest BCUT2D eigenvalue weighted by atomic mass is 19.1. The third-order valence-electron chi connectivity index (χ3n) is 3.81. The Bertz CT molecular complexity index is 667. The van der Waals surface area contributed by atoms with Crippen LogP contribution in [0.15, 0.2) is 54.6 Å². The molecule has 0 radical (unpaired) electrons. The van der Waals surface area contributed by atoms with Crippen LogP contribution in [0.3, 0.4) is 0 Å². The first-order chi connectivity index (χ1) is 10.1. The summed E-state index contributed by atoms with van der Waals surface area (Å²) < 4.78 is 13.1. The van der Waals surface area contributed by atoms with E-state index in [4.69, 9.17) is 0 Å². The van der Waals surface area contributed by atoms with Crippen molar-refractivity contribution in [2.75, 3.05) is 0 Å². The van der Waals surface area contributed by atoms with Gasteiger partial charge in [-0.05, 0) is 23.3 Å². The summed E-state index contributed by atoms with van der Waals surface area (Å²) in [5.41, 5.74) is 1.66. The number of benzene rings is 2. The van der Waals surface area contributed by atoms with Crippen LogP contribution in [0, 0.1) is 5.82 Å². The van der Waals surface area contributed by atoms with Crippen molar-refractivity contribution < 1.29 is 14.0 Å². The van der Waals surface area contributed by atoms with Gasteiger partial charge < -0.3 is 0 Å². The van der Waals surface area contributed by atoms with E-state index in [1.807, 2.05) is 30.3 Å². The molecule has 4 heteroatoms. The molecule has 0 saturated carbocycles. The summed E-state index contributed by atoms with van der Waals surface area (Å²) in [7, 11) is 0. The molecule has 0 aliphatic carbocycles. The van der Waals surface area contributed by atoms with Crippen LogP contribution in [-0.2, 0) is 9.59 Å². The summed E-state index contributed by atoms with van der Waals surface area (Å²) in [6, 6.07) is 15.3. The van der Waals surface area contributed by atoms with Crippen molar-refractivity contribution in [3.8, 4) is 0 Å². The van der Waals surface area contributed by atoms with Gasteiger partial charge in [0.1, 0.15) is 5.82 Å². The van der Waals surface area contributed by atoms with Gasteiger partial charge in [0.05, 0.1) is 5.92 Å². The quantitative estimate of drug-likeness (QED) is 0.861. The van der Waals surface area contributed by atoms with E-state index < -0.39 is 5.92 Å². The maximum atomic E-state index is 13.1. The van der Waals surface area contributed by atoms with Crippen molar-refractivity contribution in [3.63, 3.8) is 0 Å². The fourth-order valence-corrected chi connectivity index (χ4v) is 2.83. The van der Waals surface area contributed by atoms with E-state index in [-0.39, 0.29) is 30.0 Å². The van der Waals surface area contributed by atoms with E-state index >= 15 is 0 Å². The van der Waals surface area contributed by atoms with Crippen molar-refractivity contribution in [2.24, 2.45) is 0 Å². The van der Waals surface area contributed by atoms with E-state index in [9.17, 15) is 14.0 Å². The van der Waals surface area contributed by atoms with Crippen LogP contribution < -0.4 is 5.32 Å². The third kappa shape index (κ3) is 2.70. The van der Waals surface area contributed by atoms with Gasteiger partial charge in [0.25, 0.3) is 0 Å². The molecule has 2 aromatic rings. The molecular formula is C17H14FNO2. The van der Waals surface area contributed by atoms with Crippen LogP contribution in [0.25, 0.3) is 0 Å². The van der Waals surface area contributed by atoms with Gasteiger partial charge in [0.15, 0.2) is 0 Å². The second kappa shape index (κ2) is 5.48. The molecule has 3 rings (SSSR count). The average molecular weight is 283 g/mol. The highest BCUT2D eigenvalue weighted by Crippen LogP contribution is 2.38. The zero-order valence-electron chi connectivity index (χ0n) is 11.3. The summed E-state index contributed by atoms with van der Waals surface area (Å²) >= 11 is 0. The summed E-state index contributed by atoms with van der Waals surface area (Å²) in [4.78, 5) is 23.9. The Morgan fingerprint density at radius 1 is 0.905 bits per heavy atom. The maximum absolute atomic E-state index is 13.1. The number of rotatable bonds is 2. The van der Waals surface area contributed by atoms with Gasteiger partial charge in [0, 0.05) is 12.3 Å².